The predicted octanol–water partition coefficient (Wildman–Crippen LogP) is 4.07. The van der Waals surface area contributed by atoms with Crippen molar-refractivity contribution < 1.29 is 9.47 Å². The van der Waals surface area contributed by atoms with Gasteiger partial charge in [0.1, 0.15) is 23.7 Å². The smallest absolute Gasteiger partial charge is 0.138 e. The predicted molar refractivity (Wildman–Crippen MR) is 110 cm³/mol. The van der Waals surface area contributed by atoms with Gasteiger partial charge in [0.2, 0.25) is 0 Å². The average Bonchev–Trinajstić information content (AvgIpc) is 3.34. The summed E-state index contributed by atoms with van der Waals surface area (Å²) in [7, 11) is 0. The lowest BCUT2D eigenvalue weighted by molar-refractivity contribution is 0.223. The van der Waals surface area contributed by atoms with Crippen LogP contribution in [0.25, 0.3) is 0 Å². The minimum absolute atomic E-state index is 0.203. The van der Waals surface area contributed by atoms with E-state index in [2.05, 4.69) is 22.8 Å². The van der Waals surface area contributed by atoms with Crippen LogP contribution in [-0.4, -0.2) is 38.4 Å². The summed E-state index contributed by atoms with van der Waals surface area (Å²) in [6.07, 6.45) is 3.20. The monoisotopic (exact) mass is 406 g/mol. The first-order chi connectivity index (χ1) is 13.2. The van der Waals surface area contributed by atoms with Crippen molar-refractivity contribution in [3.63, 3.8) is 0 Å². The Hall–Kier alpha value is -1.46. The van der Waals surface area contributed by atoms with Gasteiger partial charge in [-0.15, -0.1) is 0 Å². The van der Waals surface area contributed by atoms with E-state index in [1.807, 2.05) is 24.3 Å². The van der Waals surface area contributed by atoms with Crippen molar-refractivity contribution in [1.29, 1.82) is 0 Å². The third kappa shape index (κ3) is 4.88. The van der Waals surface area contributed by atoms with E-state index in [4.69, 9.17) is 32.7 Å². The zero-order valence-electron chi connectivity index (χ0n) is 15.1. The molecule has 2 atom stereocenters. The van der Waals surface area contributed by atoms with Crippen LogP contribution in [-0.2, 0) is 6.42 Å². The molecule has 0 saturated carbocycles. The quantitative estimate of drug-likeness (QED) is 0.758. The number of ether oxygens (including phenoxy) is 2. The zero-order valence-corrected chi connectivity index (χ0v) is 16.7. The second-order valence-corrected chi connectivity index (χ2v) is 7.99. The molecule has 0 spiro atoms. The summed E-state index contributed by atoms with van der Waals surface area (Å²) >= 11 is 12.9. The number of hydrogen-bond acceptors (Lipinski definition) is 4. The van der Waals surface area contributed by atoms with E-state index in [-0.39, 0.29) is 12.2 Å². The Balaban J connectivity index is 1.40. The lowest BCUT2D eigenvalue weighted by Crippen LogP contribution is -2.19. The molecule has 0 radical (unpaired) electrons. The molecule has 2 saturated heterocycles. The van der Waals surface area contributed by atoms with Gasteiger partial charge in [-0.05, 0) is 67.7 Å². The van der Waals surface area contributed by atoms with Crippen LogP contribution in [0, 0.1) is 0 Å². The molecule has 2 aliphatic rings. The van der Waals surface area contributed by atoms with Crippen LogP contribution >= 0.6 is 23.2 Å². The molecule has 0 aliphatic carbocycles. The first kappa shape index (κ1) is 18.9. The summed E-state index contributed by atoms with van der Waals surface area (Å²) < 4.78 is 11.9. The summed E-state index contributed by atoms with van der Waals surface area (Å²) in [5, 5.41) is 7.89. The summed E-state index contributed by atoms with van der Waals surface area (Å²) in [5.74, 6) is 1.50. The molecule has 2 fully saturated rings. The van der Waals surface area contributed by atoms with Crippen molar-refractivity contribution in [2.45, 2.75) is 31.5 Å². The molecule has 27 heavy (non-hydrogen) atoms. The van der Waals surface area contributed by atoms with Crippen molar-refractivity contribution in [3.8, 4) is 11.5 Å². The van der Waals surface area contributed by atoms with Crippen molar-refractivity contribution in [2.75, 3.05) is 26.2 Å². The van der Waals surface area contributed by atoms with E-state index in [0.29, 0.717) is 10.0 Å². The second kappa shape index (κ2) is 8.70. The fourth-order valence-electron chi connectivity index (χ4n) is 3.55. The normalized spacial score (nSPS) is 22.1. The van der Waals surface area contributed by atoms with Crippen LogP contribution < -0.4 is 20.1 Å². The zero-order chi connectivity index (χ0) is 18.6. The first-order valence-corrected chi connectivity index (χ1v) is 10.2. The molecule has 2 N–H and O–H groups in total. The maximum absolute atomic E-state index is 6.43. The maximum atomic E-state index is 6.43. The Labute approximate surface area is 170 Å². The van der Waals surface area contributed by atoms with Crippen LogP contribution in [0.2, 0.25) is 10.0 Å². The van der Waals surface area contributed by atoms with E-state index >= 15 is 0 Å². The second-order valence-electron chi connectivity index (χ2n) is 7.17. The van der Waals surface area contributed by atoms with Crippen LogP contribution in [0.15, 0.2) is 36.4 Å². The van der Waals surface area contributed by atoms with Gasteiger partial charge in [0.05, 0.1) is 10.0 Å². The fourth-order valence-corrected chi connectivity index (χ4v) is 4.05. The van der Waals surface area contributed by atoms with Crippen LogP contribution in [0.5, 0.6) is 11.5 Å². The lowest BCUT2D eigenvalue weighted by Gasteiger charge is -2.15. The number of benzene rings is 2. The average molecular weight is 407 g/mol. The highest BCUT2D eigenvalue weighted by molar-refractivity contribution is 6.32. The van der Waals surface area contributed by atoms with Crippen molar-refractivity contribution in [3.05, 3.63) is 57.6 Å². The molecule has 0 amide bonds. The van der Waals surface area contributed by atoms with E-state index in [0.717, 1.165) is 68.1 Å². The SMILES string of the molecule is Clc1cc(Cc2ccc(OC3CCNC3)c(Cl)c2)ccc1OC1CCNC1. The Kier molecular flexibility index (Phi) is 6.08. The van der Waals surface area contributed by atoms with Gasteiger partial charge >= 0.3 is 0 Å². The standard InChI is InChI=1S/C21H24Cl2N2O2/c22-18-10-14(1-3-20(18)26-16-5-7-24-12-16)9-15-2-4-21(19(23)11-15)27-17-6-8-25-13-17/h1-4,10-11,16-17,24-25H,5-9,12-13H2. The number of hydrogen-bond donors (Lipinski definition) is 2. The molecule has 2 aliphatic heterocycles. The number of rotatable bonds is 6. The van der Waals surface area contributed by atoms with E-state index in [1.165, 1.54) is 0 Å². The van der Waals surface area contributed by atoms with E-state index in [1.54, 1.807) is 0 Å². The number of halogens is 2. The van der Waals surface area contributed by atoms with E-state index in [9.17, 15) is 0 Å². The minimum Gasteiger partial charge on any atom is -0.487 e. The Bertz CT molecular complexity index is 722. The third-order valence-electron chi connectivity index (χ3n) is 5.02. The van der Waals surface area contributed by atoms with Gasteiger partial charge in [-0.3, -0.25) is 0 Å². The molecule has 6 heteroatoms. The Morgan fingerprint density at radius 3 is 1.63 bits per heavy atom. The van der Waals surface area contributed by atoms with Gasteiger partial charge in [0, 0.05) is 13.1 Å². The summed E-state index contributed by atoms with van der Waals surface area (Å²) in [6.45, 7) is 3.75. The minimum atomic E-state index is 0.203. The van der Waals surface area contributed by atoms with Gasteiger partial charge in [-0.2, -0.15) is 0 Å². The van der Waals surface area contributed by atoms with Gasteiger partial charge in [-0.1, -0.05) is 35.3 Å². The van der Waals surface area contributed by atoms with Gasteiger partial charge < -0.3 is 20.1 Å². The molecule has 2 heterocycles. The highest BCUT2D eigenvalue weighted by Crippen LogP contribution is 2.31. The molecule has 144 valence electrons. The van der Waals surface area contributed by atoms with Crippen LogP contribution in [0.3, 0.4) is 0 Å². The molecule has 2 aromatic rings. The third-order valence-corrected chi connectivity index (χ3v) is 5.61. The van der Waals surface area contributed by atoms with Crippen LogP contribution in [0.4, 0.5) is 0 Å². The molecule has 0 aromatic heterocycles. The number of nitrogens with one attached hydrogen (secondary N) is 2. The topological polar surface area (TPSA) is 42.5 Å². The van der Waals surface area contributed by atoms with Crippen molar-refractivity contribution >= 4 is 23.2 Å². The maximum Gasteiger partial charge on any atom is 0.138 e. The van der Waals surface area contributed by atoms with E-state index < -0.39 is 0 Å². The Morgan fingerprint density at radius 2 is 1.26 bits per heavy atom. The highest BCUT2D eigenvalue weighted by atomic mass is 35.5. The molecular formula is C21H24Cl2N2O2. The van der Waals surface area contributed by atoms with Crippen molar-refractivity contribution in [1.82, 2.24) is 10.6 Å². The molecule has 2 unspecified atom stereocenters. The first-order valence-electron chi connectivity index (χ1n) is 9.49. The van der Waals surface area contributed by atoms with Crippen LogP contribution in [0.1, 0.15) is 24.0 Å². The Morgan fingerprint density at radius 1 is 0.778 bits per heavy atom. The molecule has 4 nitrogen and oxygen atoms in total. The highest BCUT2D eigenvalue weighted by Gasteiger charge is 2.18. The molecule has 0 bridgehead atoms. The summed E-state index contributed by atoms with van der Waals surface area (Å²) in [6, 6.07) is 12.0. The van der Waals surface area contributed by atoms with Gasteiger partial charge in [-0.25, -0.2) is 0 Å². The fraction of sp³-hybridized carbons (Fsp3) is 0.429. The molecule has 2 aromatic carbocycles. The molecular weight excluding hydrogens is 383 g/mol. The van der Waals surface area contributed by atoms with Gasteiger partial charge in [0.25, 0.3) is 0 Å². The largest absolute Gasteiger partial charge is 0.487 e. The summed E-state index contributed by atoms with van der Waals surface area (Å²) in [4.78, 5) is 0. The molecule has 4 rings (SSSR count). The van der Waals surface area contributed by atoms with Crippen molar-refractivity contribution in [2.24, 2.45) is 0 Å². The van der Waals surface area contributed by atoms with Gasteiger partial charge in [0.15, 0.2) is 0 Å². The lowest BCUT2D eigenvalue weighted by atomic mass is 10.0. The summed E-state index contributed by atoms with van der Waals surface area (Å²) in [5.41, 5.74) is 2.25.